The van der Waals surface area contributed by atoms with Crippen LogP contribution in [0.2, 0.25) is 0 Å². The van der Waals surface area contributed by atoms with Gasteiger partial charge in [-0.05, 0) is 18.9 Å². The van der Waals surface area contributed by atoms with Crippen LogP contribution in [0.4, 0.5) is 4.79 Å². The summed E-state index contributed by atoms with van der Waals surface area (Å²) in [7, 11) is 0. The molecule has 9 nitrogen and oxygen atoms in total. The van der Waals surface area contributed by atoms with E-state index < -0.39 is 42.5 Å². The molecule has 2 atom stereocenters. The number of amides is 4. The molecule has 0 radical (unpaired) electrons. The zero-order chi connectivity index (χ0) is 21.2. The molecule has 2 heterocycles. The van der Waals surface area contributed by atoms with Crippen LogP contribution >= 0.6 is 0 Å². The number of nitrogens with zero attached hydrogens (tertiary/aromatic N) is 1. The van der Waals surface area contributed by atoms with Crippen molar-refractivity contribution in [2.24, 2.45) is 5.92 Å². The summed E-state index contributed by atoms with van der Waals surface area (Å²) >= 11 is 0. The van der Waals surface area contributed by atoms with Crippen molar-refractivity contribution < 1.29 is 28.7 Å². The van der Waals surface area contributed by atoms with E-state index in [2.05, 4.69) is 10.6 Å². The van der Waals surface area contributed by atoms with Gasteiger partial charge in [0.1, 0.15) is 12.3 Å². The number of carbonyl (C=O) groups excluding carboxylic acids is 4. The minimum Gasteiger partial charge on any atom is -0.493 e. The Bertz CT molecular complexity index is 839. The summed E-state index contributed by atoms with van der Waals surface area (Å²) in [6, 6.07) is 6.22. The number of nitrogens with one attached hydrogen (secondary N) is 2. The highest BCUT2D eigenvalue weighted by Gasteiger charge is 2.55. The van der Waals surface area contributed by atoms with E-state index in [0.29, 0.717) is 11.3 Å². The monoisotopic (exact) mass is 403 g/mol. The van der Waals surface area contributed by atoms with E-state index >= 15 is 0 Å². The highest BCUT2D eigenvalue weighted by molar-refractivity contribution is 6.09. The maximum atomic E-state index is 13.0. The van der Waals surface area contributed by atoms with Gasteiger partial charge in [0, 0.05) is 18.0 Å². The fraction of sp³-hybridized carbons (Fsp3) is 0.500. The summed E-state index contributed by atoms with van der Waals surface area (Å²) in [5, 5.41) is 5.42. The Labute approximate surface area is 168 Å². The second kappa shape index (κ2) is 8.10. The minimum absolute atomic E-state index is 0.0689. The Balaban J connectivity index is 1.63. The first-order valence-corrected chi connectivity index (χ1v) is 9.56. The molecule has 2 aliphatic rings. The molecule has 9 heteroatoms. The number of benzene rings is 1. The van der Waals surface area contributed by atoms with Crippen LogP contribution in [0.1, 0.15) is 32.8 Å². The van der Waals surface area contributed by atoms with Crippen molar-refractivity contribution in [2.45, 2.75) is 38.8 Å². The Morgan fingerprint density at radius 2 is 2.00 bits per heavy atom. The third-order valence-electron chi connectivity index (χ3n) is 5.30. The zero-order valence-corrected chi connectivity index (χ0v) is 16.7. The average Bonchev–Trinajstić information content (AvgIpc) is 2.91. The molecule has 1 aromatic rings. The first kappa shape index (κ1) is 20.6. The molecule has 0 bridgehead atoms. The first-order valence-electron chi connectivity index (χ1n) is 9.56. The molecule has 1 spiro atoms. The van der Waals surface area contributed by atoms with E-state index in [0.717, 1.165) is 4.90 Å². The topological polar surface area (TPSA) is 114 Å². The van der Waals surface area contributed by atoms with Crippen LogP contribution in [-0.2, 0) is 24.7 Å². The lowest BCUT2D eigenvalue weighted by Gasteiger charge is -2.33. The van der Waals surface area contributed by atoms with Gasteiger partial charge in [0.25, 0.3) is 11.8 Å². The largest absolute Gasteiger partial charge is 0.493 e. The number of esters is 1. The van der Waals surface area contributed by atoms with Crippen molar-refractivity contribution in [1.29, 1.82) is 0 Å². The molecule has 2 aliphatic heterocycles. The Morgan fingerprint density at radius 1 is 1.28 bits per heavy atom. The van der Waals surface area contributed by atoms with Crippen molar-refractivity contribution in [3.63, 3.8) is 0 Å². The fourth-order valence-corrected chi connectivity index (χ4v) is 3.30. The predicted molar refractivity (Wildman–Crippen MR) is 102 cm³/mol. The molecule has 2 N–H and O–H groups in total. The summed E-state index contributed by atoms with van der Waals surface area (Å²) < 4.78 is 10.5. The maximum absolute atomic E-state index is 13.0. The van der Waals surface area contributed by atoms with E-state index in [-0.39, 0.29) is 25.0 Å². The second-order valence-corrected chi connectivity index (χ2v) is 7.58. The summed E-state index contributed by atoms with van der Waals surface area (Å²) in [4.78, 5) is 50.3. The first-order chi connectivity index (χ1) is 13.7. The van der Waals surface area contributed by atoms with E-state index in [9.17, 15) is 19.2 Å². The molecule has 1 saturated heterocycles. The van der Waals surface area contributed by atoms with Gasteiger partial charge in [0.2, 0.25) is 0 Å². The molecule has 1 aromatic carbocycles. The lowest BCUT2D eigenvalue weighted by atomic mass is 9.84. The SMILES string of the molecule is CC(C)[C@H](C)NC(=O)COC(=O)CN1C(=O)N[C@@]2(CCOc3ccccc32)C1=O. The second-order valence-electron chi connectivity index (χ2n) is 7.58. The number of rotatable bonds is 6. The van der Waals surface area contributed by atoms with Crippen LogP contribution < -0.4 is 15.4 Å². The van der Waals surface area contributed by atoms with Crippen molar-refractivity contribution in [1.82, 2.24) is 15.5 Å². The number of urea groups is 1. The quantitative estimate of drug-likeness (QED) is 0.539. The van der Waals surface area contributed by atoms with Crippen molar-refractivity contribution in [3.05, 3.63) is 29.8 Å². The number of fused-ring (bicyclic) bond motifs is 2. The lowest BCUT2D eigenvalue weighted by Crippen LogP contribution is -2.47. The van der Waals surface area contributed by atoms with Crippen LogP contribution in [0.15, 0.2) is 24.3 Å². The molecule has 1 fully saturated rings. The molecule has 29 heavy (non-hydrogen) atoms. The molecular weight excluding hydrogens is 378 g/mol. The van der Waals surface area contributed by atoms with Gasteiger partial charge in [-0.25, -0.2) is 4.79 Å². The third-order valence-corrected chi connectivity index (χ3v) is 5.30. The van der Waals surface area contributed by atoms with Gasteiger partial charge in [0.05, 0.1) is 6.61 Å². The number of hydrogen-bond donors (Lipinski definition) is 2. The molecule has 0 aromatic heterocycles. The van der Waals surface area contributed by atoms with E-state index in [4.69, 9.17) is 9.47 Å². The van der Waals surface area contributed by atoms with Crippen LogP contribution in [0.25, 0.3) is 0 Å². The Hall–Kier alpha value is -3.10. The van der Waals surface area contributed by atoms with Crippen molar-refractivity contribution >= 4 is 23.8 Å². The van der Waals surface area contributed by atoms with E-state index in [1.807, 2.05) is 20.8 Å². The summed E-state index contributed by atoms with van der Waals surface area (Å²) in [6.07, 6.45) is 0.260. The maximum Gasteiger partial charge on any atom is 0.326 e. The van der Waals surface area contributed by atoms with E-state index in [1.165, 1.54) is 0 Å². The molecule has 3 rings (SSSR count). The molecule has 156 valence electrons. The number of para-hydroxylation sites is 1. The number of hydrogen-bond acceptors (Lipinski definition) is 6. The van der Waals surface area contributed by atoms with Crippen LogP contribution in [0.3, 0.4) is 0 Å². The lowest BCUT2D eigenvalue weighted by molar-refractivity contribution is -0.151. The zero-order valence-electron chi connectivity index (χ0n) is 16.7. The van der Waals surface area contributed by atoms with Crippen molar-refractivity contribution in [2.75, 3.05) is 19.8 Å². The smallest absolute Gasteiger partial charge is 0.326 e. The van der Waals surface area contributed by atoms with E-state index in [1.54, 1.807) is 24.3 Å². The highest BCUT2D eigenvalue weighted by atomic mass is 16.5. The molecule has 0 aliphatic carbocycles. The summed E-state index contributed by atoms with van der Waals surface area (Å²) in [5.41, 5.74) is -0.696. The van der Waals surface area contributed by atoms with Gasteiger partial charge in [0.15, 0.2) is 12.1 Å². The van der Waals surface area contributed by atoms with Crippen LogP contribution in [0, 0.1) is 5.92 Å². The Morgan fingerprint density at radius 3 is 2.72 bits per heavy atom. The summed E-state index contributed by atoms with van der Waals surface area (Å²) in [6.45, 7) is 4.99. The fourth-order valence-electron chi connectivity index (χ4n) is 3.30. The van der Waals surface area contributed by atoms with Crippen molar-refractivity contribution in [3.8, 4) is 5.75 Å². The van der Waals surface area contributed by atoms with Crippen LogP contribution in [0.5, 0.6) is 5.75 Å². The number of carbonyl (C=O) groups is 4. The number of imide groups is 1. The molecule has 4 amide bonds. The molecule has 0 unspecified atom stereocenters. The number of ether oxygens (including phenoxy) is 2. The molecule has 0 saturated carbocycles. The minimum atomic E-state index is -1.25. The van der Waals surface area contributed by atoms with Gasteiger partial charge >= 0.3 is 12.0 Å². The Kier molecular flexibility index (Phi) is 5.76. The standard InChI is InChI=1S/C20H25N3O6/c1-12(2)13(3)21-16(24)11-29-17(25)10-23-18(26)20(22-19(23)27)8-9-28-15-7-5-4-6-14(15)20/h4-7,12-13H,8-11H2,1-3H3,(H,21,24)(H,22,27)/t13-,20+/m0/s1. The van der Waals surface area contributed by atoms with Gasteiger partial charge in [-0.15, -0.1) is 0 Å². The highest BCUT2D eigenvalue weighted by Crippen LogP contribution is 2.40. The van der Waals surface area contributed by atoms with Gasteiger partial charge in [-0.3, -0.25) is 19.3 Å². The van der Waals surface area contributed by atoms with Gasteiger partial charge < -0.3 is 20.1 Å². The summed E-state index contributed by atoms with van der Waals surface area (Å²) in [5.74, 6) is -1.05. The normalized spacial score (nSPS) is 21.4. The third kappa shape index (κ3) is 4.03. The van der Waals surface area contributed by atoms with Gasteiger partial charge in [-0.1, -0.05) is 32.0 Å². The molecular formula is C20H25N3O6. The average molecular weight is 403 g/mol. The predicted octanol–water partition coefficient (Wildman–Crippen LogP) is 0.920. The van der Waals surface area contributed by atoms with Gasteiger partial charge in [-0.2, -0.15) is 0 Å². The van der Waals surface area contributed by atoms with Crippen LogP contribution in [-0.4, -0.2) is 54.5 Å².